The van der Waals surface area contributed by atoms with Crippen molar-refractivity contribution in [2.24, 2.45) is 11.8 Å². The van der Waals surface area contributed by atoms with Crippen LogP contribution in [-0.4, -0.2) is 41.1 Å². The summed E-state index contributed by atoms with van der Waals surface area (Å²) in [5.41, 5.74) is 3.01. The van der Waals surface area contributed by atoms with Gasteiger partial charge in [0.1, 0.15) is 11.5 Å². The molecule has 3 amide bonds. The van der Waals surface area contributed by atoms with E-state index in [4.69, 9.17) is 0 Å². The summed E-state index contributed by atoms with van der Waals surface area (Å²) in [5, 5.41) is 0. The average Bonchev–Trinajstić information content (AvgIpc) is 3.19. The molecule has 2 aliphatic heterocycles. The van der Waals surface area contributed by atoms with Crippen LogP contribution in [0.3, 0.4) is 0 Å². The van der Waals surface area contributed by atoms with Gasteiger partial charge >= 0.3 is 0 Å². The van der Waals surface area contributed by atoms with E-state index in [-0.39, 0.29) is 17.7 Å². The Morgan fingerprint density at radius 2 is 1.38 bits per heavy atom. The summed E-state index contributed by atoms with van der Waals surface area (Å²) in [6.07, 6.45) is 0. The van der Waals surface area contributed by atoms with Crippen LogP contribution in [0, 0.1) is 11.8 Å². The van der Waals surface area contributed by atoms with Gasteiger partial charge in [-0.15, -0.1) is 0 Å². The third kappa shape index (κ3) is 1.43. The Morgan fingerprint density at radius 3 is 1.92 bits per heavy atom. The van der Waals surface area contributed by atoms with Crippen molar-refractivity contribution in [2.75, 3.05) is 13.6 Å². The molecule has 0 radical (unpaired) electrons. The fourth-order valence-corrected chi connectivity index (χ4v) is 5.24. The number of fused-ring (bicyclic) bond motifs is 7. The molecule has 130 valence electrons. The summed E-state index contributed by atoms with van der Waals surface area (Å²) in [6.45, 7) is 2.06. The van der Waals surface area contributed by atoms with Crippen molar-refractivity contribution in [1.29, 1.82) is 0 Å². The molecule has 0 N–H and O–H groups in total. The molecule has 0 aromatic heterocycles. The van der Waals surface area contributed by atoms with Crippen molar-refractivity contribution in [2.45, 2.75) is 12.5 Å². The number of likely N-dealkylation sites (tertiary alicyclic amines) is 2. The van der Waals surface area contributed by atoms with Gasteiger partial charge in [-0.25, -0.2) is 0 Å². The average molecular weight is 346 g/mol. The SMILES string of the molecule is CCN1C(=O)C2C(=O)N(C)C3(c4ccccc4-c4ccccc43)C2C1=O. The van der Waals surface area contributed by atoms with E-state index in [1.54, 1.807) is 18.9 Å². The van der Waals surface area contributed by atoms with Crippen LogP contribution in [0.2, 0.25) is 0 Å². The van der Waals surface area contributed by atoms with Crippen LogP contribution in [0.1, 0.15) is 18.1 Å². The van der Waals surface area contributed by atoms with E-state index in [1.807, 2.05) is 48.5 Å². The number of amides is 3. The van der Waals surface area contributed by atoms with Crippen molar-refractivity contribution in [1.82, 2.24) is 9.80 Å². The van der Waals surface area contributed by atoms with Crippen LogP contribution in [0.25, 0.3) is 11.1 Å². The predicted octanol–water partition coefficient (Wildman–Crippen LogP) is 2.00. The summed E-state index contributed by atoms with van der Waals surface area (Å²) in [5.74, 6) is -2.51. The Bertz CT molecular complexity index is 951. The largest absolute Gasteiger partial charge is 0.330 e. The first-order valence-electron chi connectivity index (χ1n) is 8.87. The highest BCUT2D eigenvalue weighted by molar-refractivity contribution is 6.18. The third-order valence-corrected chi connectivity index (χ3v) is 6.26. The lowest BCUT2D eigenvalue weighted by Crippen LogP contribution is -2.48. The fraction of sp³-hybridized carbons (Fsp3) is 0.286. The second-order valence-corrected chi connectivity index (χ2v) is 7.13. The summed E-state index contributed by atoms with van der Waals surface area (Å²) < 4.78 is 0. The molecule has 2 aromatic carbocycles. The van der Waals surface area contributed by atoms with E-state index < -0.39 is 17.4 Å². The molecule has 1 spiro atoms. The van der Waals surface area contributed by atoms with Crippen molar-refractivity contribution in [3.63, 3.8) is 0 Å². The summed E-state index contributed by atoms with van der Waals surface area (Å²) in [7, 11) is 1.72. The second-order valence-electron chi connectivity index (χ2n) is 7.13. The highest BCUT2D eigenvalue weighted by atomic mass is 16.2. The zero-order valence-corrected chi connectivity index (χ0v) is 14.6. The maximum absolute atomic E-state index is 13.2. The Kier molecular flexibility index (Phi) is 2.84. The maximum atomic E-state index is 13.2. The number of rotatable bonds is 1. The molecule has 2 saturated heterocycles. The van der Waals surface area contributed by atoms with Gasteiger partial charge in [-0.05, 0) is 29.2 Å². The highest BCUT2D eigenvalue weighted by Crippen LogP contribution is 2.61. The van der Waals surface area contributed by atoms with E-state index >= 15 is 0 Å². The Labute approximate surface area is 151 Å². The molecular formula is C21H18N2O3. The number of carbonyl (C=O) groups is 3. The first-order valence-corrected chi connectivity index (χ1v) is 8.87. The number of imide groups is 1. The molecule has 2 heterocycles. The molecule has 3 aliphatic rings. The maximum Gasteiger partial charge on any atom is 0.242 e. The molecule has 5 nitrogen and oxygen atoms in total. The van der Waals surface area contributed by atoms with Gasteiger partial charge < -0.3 is 4.90 Å². The lowest BCUT2D eigenvalue weighted by atomic mass is 9.74. The number of nitrogens with zero attached hydrogens (tertiary/aromatic N) is 2. The number of benzene rings is 2. The van der Waals surface area contributed by atoms with Crippen molar-refractivity contribution >= 4 is 17.7 Å². The van der Waals surface area contributed by atoms with Crippen LogP contribution in [0.15, 0.2) is 48.5 Å². The number of carbonyl (C=O) groups excluding carboxylic acids is 3. The van der Waals surface area contributed by atoms with Crippen LogP contribution >= 0.6 is 0 Å². The summed E-state index contributed by atoms with van der Waals surface area (Å²) in [6, 6.07) is 15.8. The molecule has 5 heteroatoms. The zero-order chi connectivity index (χ0) is 18.2. The predicted molar refractivity (Wildman–Crippen MR) is 94.8 cm³/mol. The Morgan fingerprint density at radius 1 is 0.846 bits per heavy atom. The van der Waals surface area contributed by atoms with Gasteiger partial charge in [-0.2, -0.15) is 0 Å². The van der Waals surface area contributed by atoms with E-state index in [9.17, 15) is 14.4 Å². The number of hydrogen-bond acceptors (Lipinski definition) is 3. The normalized spacial score (nSPS) is 25.1. The molecule has 2 aromatic rings. The third-order valence-electron chi connectivity index (χ3n) is 6.26. The minimum Gasteiger partial charge on any atom is -0.330 e. The smallest absolute Gasteiger partial charge is 0.242 e. The Balaban J connectivity index is 1.88. The second kappa shape index (κ2) is 4.81. The van der Waals surface area contributed by atoms with E-state index in [1.165, 1.54) is 4.90 Å². The molecule has 0 saturated carbocycles. The van der Waals surface area contributed by atoms with Crippen molar-refractivity contribution in [3.8, 4) is 11.1 Å². The minimum atomic E-state index is -0.924. The standard InChI is InChI=1S/C21H18N2O3/c1-3-23-19(25)16-17(20(23)26)21(22(2)18(16)24)14-10-6-4-8-12(14)13-9-5-7-11-15(13)21/h4-11,16-17H,3H2,1-2H3. The monoisotopic (exact) mass is 346 g/mol. The van der Waals surface area contributed by atoms with Gasteiger partial charge in [0.15, 0.2) is 0 Å². The molecule has 1 aliphatic carbocycles. The van der Waals surface area contributed by atoms with Crippen molar-refractivity contribution < 1.29 is 14.4 Å². The van der Waals surface area contributed by atoms with Gasteiger partial charge in [0.05, 0.1) is 5.92 Å². The topological polar surface area (TPSA) is 57.7 Å². The lowest BCUT2D eigenvalue weighted by Gasteiger charge is -2.38. The number of hydrogen-bond donors (Lipinski definition) is 0. The molecular weight excluding hydrogens is 328 g/mol. The molecule has 26 heavy (non-hydrogen) atoms. The van der Waals surface area contributed by atoms with Crippen LogP contribution in [0.4, 0.5) is 0 Å². The van der Waals surface area contributed by atoms with Gasteiger partial charge in [-0.3, -0.25) is 19.3 Å². The van der Waals surface area contributed by atoms with Crippen LogP contribution in [-0.2, 0) is 19.9 Å². The fourth-order valence-electron chi connectivity index (χ4n) is 5.24. The van der Waals surface area contributed by atoms with Gasteiger partial charge in [0.2, 0.25) is 17.7 Å². The first-order chi connectivity index (χ1) is 12.5. The molecule has 2 unspecified atom stereocenters. The van der Waals surface area contributed by atoms with E-state index in [0.29, 0.717) is 6.54 Å². The van der Waals surface area contributed by atoms with Crippen LogP contribution < -0.4 is 0 Å². The molecule has 2 atom stereocenters. The van der Waals surface area contributed by atoms with Gasteiger partial charge in [0, 0.05) is 13.6 Å². The molecule has 2 fully saturated rings. The highest BCUT2D eigenvalue weighted by Gasteiger charge is 2.70. The first kappa shape index (κ1) is 15.3. The van der Waals surface area contributed by atoms with Gasteiger partial charge in [0.25, 0.3) is 0 Å². The zero-order valence-electron chi connectivity index (χ0n) is 14.6. The van der Waals surface area contributed by atoms with Gasteiger partial charge in [-0.1, -0.05) is 48.5 Å². The molecule has 0 bridgehead atoms. The summed E-state index contributed by atoms with van der Waals surface area (Å²) >= 11 is 0. The summed E-state index contributed by atoms with van der Waals surface area (Å²) in [4.78, 5) is 42.0. The molecule has 5 rings (SSSR count). The minimum absolute atomic E-state index is 0.244. The quantitative estimate of drug-likeness (QED) is 0.586. The lowest BCUT2D eigenvalue weighted by molar-refractivity contribution is -0.144. The van der Waals surface area contributed by atoms with Crippen LogP contribution in [0.5, 0.6) is 0 Å². The van der Waals surface area contributed by atoms with Crippen molar-refractivity contribution in [3.05, 3.63) is 59.7 Å². The van der Waals surface area contributed by atoms with E-state index in [2.05, 4.69) is 0 Å². The Hall–Kier alpha value is -2.95. The van der Waals surface area contributed by atoms with E-state index in [0.717, 1.165) is 22.3 Å².